The zero-order valence-corrected chi connectivity index (χ0v) is 16.1. The summed E-state index contributed by atoms with van der Waals surface area (Å²) in [6.07, 6.45) is 4.61. The number of H-pyrrole nitrogens is 1. The minimum atomic E-state index is -0.965. The molecular formula is C20H24ClN3O2. The normalized spacial score (nSPS) is 12.0. The number of halogens is 1. The Morgan fingerprint density at radius 2 is 2.08 bits per heavy atom. The van der Waals surface area contributed by atoms with Crippen molar-refractivity contribution in [2.24, 2.45) is 0 Å². The average molecular weight is 374 g/mol. The van der Waals surface area contributed by atoms with Crippen molar-refractivity contribution in [3.8, 4) is 11.1 Å². The average Bonchev–Trinajstić information content (AvgIpc) is 2.90. The van der Waals surface area contributed by atoms with Crippen molar-refractivity contribution in [3.63, 3.8) is 0 Å². The molecule has 5 nitrogen and oxygen atoms in total. The molecule has 0 aliphatic heterocycles. The van der Waals surface area contributed by atoms with Crippen LogP contribution in [0.4, 0.5) is 0 Å². The van der Waals surface area contributed by atoms with Gasteiger partial charge in [0.15, 0.2) is 5.65 Å². The number of aryl methyl sites for hydroxylation is 1. The Kier molecular flexibility index (Phi) is 5.21. The van der Waals surface area contributed by atoms with Crippen LogP contribution in [-0.2, 0) is 12.1 Å². The number of pyridine rings is 1. The van der Waals surface area contributed by atoms with Crippen LogP contribution in [0.3, 0.4) is 0 Å². The highest BCUT2D eigenvalue weighted by Crippen LogP contribution is 2.35. The smallest absolute Gasteiger partial charge is 0.327 e. The number of rotatable bonds is 6. The summed E-state index contributed by atoms with van der Waals surface area (Å²) in [4.78, 5) is 19.6. The Bertz CT molecular complexity index is 983. The molecule has 2 aromatic heterocycles. The van der Waals surface area contributed by atoms with Crippen LogP contribution in [0.1, 0.15) is 45.6 Å². The molecule has 0 saturated heterocycles. The number of nitrogens with one attached hydrogen (secondary N) is 1. The van der Waals surface area contributed by atoms with Gasteiger partial charge in [0.05, 0.1) is 16.1 Å². The van der Waals surface area contributed by atoms with E-state index in [1.54, 1.807) is 24.6 Å². The van der Waals surface area contributed by atoms with Gasteiger partial charge < -0.3 is 5.11 Å². The van der Waals surface area contributed by atoms with Gasteiger partial charge in [0.2, 0.25) is 0 Å². The van der Waals surface area contributed by atoms with E-state index in [9.17, 15) is 9.90 Å². The lowest BCUT2D eigenvalue weighted by Crippen LogP contribution is -2.17. The van der Waals surface area contributed by atoms with Gasteiger partial charge >= 0.3 is 5.69 Å². The molecule has 26 heavy (non-hydrogen) atoms. The van der Waals surface area contributed by atoms with Gasteiger partial charge in [0.25, 0.3) is 0 Å². The number of fused-ring (bicyclic) bond motifs is 1. The van der Waals surface area contributed by atoms with Gasteiger partial charge in [-0.3, -0.25) is 9.55 Å². The molecule has 2 heterocycles. The zero-order chi connectivity index (χ0) is 18.9. The molecule has 3 aromatic rings. The lowest BCUT2D eigenvalue weighted by molar-refractivity contribution is 0.0786. The van der Waals surface area contributed by atoms with Crippen molar-refractivity contribution in [2.45, 2.75) is 52.2 Å². The van der Waals surface area contributed by atoms with Gasteiger partial charge in [0, 0.05) is 18.3 Å². The van der Waals surface area contributed by atoms with Crippen molar-refractivity contribution in [1.82, 2.24) is 14.5 Å². The van der Waals surface area contributed by atoms with Gasteiger partial charge in [-0.25, -0.2) is 9.78 Å². The van der Waals surface area contributed by atoms with E-state index in [1.165, 1.54) is 0 Å². The quantitative estimate of drug-likeness (QED) is 0.626. The summed E-state index contributed by atoms with van der Waals surface area (Å²) in [7, 11) is 0. The summed E-state index contributed by atoms with van der Waals surface area (Å²) in [5.41, 5.74) is 2.50. The molecule has 2 N–H and O–H groups in total. The van der Waals surface area contributed by atoms with Gasteiger partial charge in [-0.2, -0.15) is 0 Å². The highest BCUT2D eigenvalue weighted by molar-refractivity contribution is 6.34. The zero-order valence-electron chi connectivity index (χ0n) is 15.3. The van der Waals surface area contributed by atoms with E-state index in [0.717, 1.165) is 36.0 Å². The molecule has 0 spiro atoms. The predicted octanol–water partition coefficient (Wildman–Crippen LogP) is 4.46. The fraction of sp³-hybridized carbons (Fsp3) is 0.400. The van der Waals surface area contributed by atoms with Crippen LogP contribution in [-0.4, -0.2) is 19.6 Å². The number of aliphatic hydroxyl groups is 1. The number of nitrogens with zero attached hydrogens (tertiary/aromatic N) is 2. The van der Waals surface area contributed by atoms with Crippen LogP contribution < -0.4 is 5.69 Å². The minimum absolute atomic E-state index is 0.175. The molecular weight excluding hydrogens is 350 g/mol. The van der Waals surface area contributed by atoms with Crippen LogP contribution in [0.2, 0.25) is 5.02 Å². The van der Waals surface area contributed by atoms with E-state index in [0.29, 0.717) is 22.7 Å². The van der Waals surface area contributed by atoms with Crippen LogP contribution in [0, 0.1) is 0 Å². The first kappa shape index (κ1) is 18.7. The topological polar surface area (TPSA) is 70.9 Å². The second-order valence-electron chi connectivity index (χ2n) is 7.11. The van der Waals surface area contributed by atoms with E-state index in [-0.39, 0.29) is 5.69 Å². The first-order valence-corrected chi connectivity index (χ1v) is 9.31. The van der Waals surface area contributed by atoms with Crippen LogP contribution in [0.5, 0.6) is 0 Å². The largest absolute Gasteiger partial charge is 0.386 e. The molecule has 0 saturated carbocycles. The third-order valence-corrected chi connectivity index (χ3v) is 4.88. The second kappa shape index (κ2) is 7.25. The van der Waals surface area contributed by atoms with Crippen LogP contribution in [0.15, 0.2) is 35.3 Å². The standard InChI is InChI=1S/C20H24ClN3O2/c1-4-5-6-10-24-17-16(15(21)12-22-18(17)23-19(24)25)13-8-7-9-14(11-13)20(2,3)26/h7-9,11-12,26H,4-6,10H2,1-3H3,(H,22,23,25). The summed E-state index contributed by atoms with van der Waals surface area (Å²) in [5, 5.41) is 10.8. The van der Waals surface area contributed by atoms with Gasteiger partial charge in [0.1, 0.15) is 0 Å². The van der Waals surface area contributed by atoms with Crippen molar-refractivity contribution in [2.75, 3.05) is 0 Å². The third-order valence-electron chi connectivity index (χ3n) is 4.59. The lowest BCUT2D eigenvalue weighted by Gasteiger charge is -2.19. The van der Waals surface area contributed by atoms with Crippen molar-refractivity contribution in [1.29, 1.82) is 0 Å². The summed E-state index contributed by atoms with van der Waals surface area (Å²) >= 11 is 6.49. The van der Waals surface area contributed by atoms with Crippen LogP contribution >= 0.6 is 11.6 Å². The van der Waals surface area contributed by atoms with Crippen molar-refractivity contribution < 1.29 is 5.11 Å². The maximum Gasteiger partial charge on any atom is 0.327 e. The molecule has 6 heteroatoms. The molecule has 0 aliphatic carbocycles. The summed E-state index contributed by atoms with van der Waals surface area (Å²) in [5.74, 6) is 0. The Balaban J connectivity index is 2.22. The van der Waals surface area contributed by atoms with Gasteiger partial charge in [-0.05, 0) is 37.5 Å². The molecule has 1 aromatic carbocycles. The molecule has 0 aliphatic rings. The maximum absolute atomic E-state index is 12.4. The number of hydrogen-bond donors (Lipinski definition) is 2. The van der Waals surface area contributed by atoms with Crippen LogP contribution in [0.25, 0.3) is 22.3 Å². The van der Waals surface area contributed by atoms with Crippen molar-refractivity contribution >= 4 is 22.8 Å². The van der Waals surface area contributed by atoms with E-state index in [4.69, 9.17) is 11.6 Å². The van der Waals surface area contributed by atoms with Crippen molar-refractivity contribution in [3.05, 3.63) is 51.5 Å². The molecule has 0 radical (unpaired) electrons. The molecule has 0 fully saturated rings. The molecule has 0 bridgehead atoms. The molecule has 138 valence electrons. The van der Waals surface area contributed by atoms with Gasteiger partial charge in [-0.1, -0.05) is 49.6 Å². The number of benzene rings is 1. The number of hydrogen-bond acceptors (Lipinski definition) is 3. The van der Waals surface area contributed by atoms with E-state index < -0.39 is 5.60 Å². The highest BCUT2D eigenvalue weighted by atomic mass is 35.5. The van der Waals surface area contributed by atoms with E-state index >= 15 is 0 Å². The fourth-order valence-electron chi connectivity index (χ4n) is 3.17. The maximum atomic E-state index is 12.4. The third kappa shape index (κ3) is 3.55. The molecule has 3 rings (SSSR count). The van der Waals surface area contributed by atoms with E-state index in [2.05, 4.69) is 16.9 Å². The van der Waals surface area contributed by atoms with E-state index in [1.807, 2.05) is 24.3 Å². The number of aromatic nitrogens is 3. The summed E-state index contributed by atoms with van der Waals surface area (Å²) < 4.78 is 1.72. The van der Waals surface area contributed by atoms with Gasteiger partial charge in [-0.15, -0.1) is 0 Å². The predicted molar refractivity (Wildman–Crippen MR) is 106 cm³/mol. The Morgan fingerprint density at radius 1 is 1.31 bits per heavy atom. The fourth-order valence-corrected chi connectivity index (χ4v) is 3.41. The Morgan fingerprint density at radius 3 is 2.77 bits per heavy atom. The first-order valence-electron chi connectivity index (χ1n) is 8.93. The molecule has 0 atom stereocenters. The SMILES string of the molecule is CCCCCn1c(=O)[nH]c2ncc(Cl)c(-c3cccc(C(C)(C)O)c3)c21. The Labute approximate surface area is 157 Å². The second-order valence-corrected chi connectivity index (χ2v) is 7.51. The minimum Gasteiger partial charge on any atom is -0.386 e. The highest BCUT2D eigenvalue weighted by Gasteiger charge is 2.20. The summed E-state index contributed by atoms with van der Waals surface area (Å²) in [6.45, 7) is 6.23. The number of unbranched alkanes of at least 4 members (excludes halogenated alkanes) is 2. The monoisotopic (exact) mass is 373 g/mol. The molecule has 0 unspecified atom stereocenters. The lowest BCUT2D eigenvalue weighted by atomic mass is 9.94. The summed E-state index contributed by atoms with van der Waals surface area (Å²) in [6, 6.07) is 7.61. The first-order chi connectivity index (χ1) is 12.3. The Hall–Kier alpha value is -2.11. The molecule has 0 amide bonds. The number of aromatic amines is 1. The number of imidazole rings is 1.